The second kappa shape index (κ2) is 6.93. The first-order valence-corrected chi connectivity index (χ1v) is 9.39. The molecule has 0 saturated heterocycles. The van der Waals surface area contributed by atoms with E-state index in [1.165, 1.54) is 11.3 Å². The first-order valence-electron chi connectivity index (χ1n) is 7.09. The summed E-state index contributed by atoms with van der Waals surface area (Å²) in [6.45, 7) is 2.41. The van der Waals surface area contributed by atoms with E-state index in [0.717, 1.165) is 10.4 Å². The number of thiophene rings is 1. The highest BCUT2D eigenvalue weighted by Crippen LogP contribution is 2.22. The highest BCUT2D eigenvalue weighted by Gasteiger charge is 2.17. The fourth-order valence-corrected chi connectivity index (χ4v) is 4.20. The molecule has 0 amide bonds. The Labute approximate surface area is 143 Å². The smallest absolute Gasteiger partial charge is 0.272 e. The third kappa shape index (κ3) is 4.06. The van der Waals surface area contributed by atoms with Gasteiger partial charge in [0.15, 0.2) is 5.82 Å². The van der Waals surface area contributed by atoms with Crippen molar-refractivity contribution in [3.05, 3.63) is 59.2 Å². The number of hydrogen-bond donors (Lipinski definition) is 2. The fraction of sp³-hybridized carbons (Fsp3) is 0.133. The Bertz CT molecular complexity index is 909. The molecule has 0 aromatic carbocycles. The number of aromatic nitrogens is 3. The zero-order valence-electron chi connectivity index (χ0n) is 12.8. The zero-order valence-corrected chi connectivity index (χ0v) is 14.4. The maximum atomic E-state index is 12.2. The van der Waals surface area contributed by atoms with Crippen LogP contribution in [0.15, 0.2) is 53.0 Å². The molecule has 0 unspecified atom stereocenters. The van der Waals surface area contributed by atoms with Crippen molar-refractivity contribution in [2.24, 2.45) is 0 Å². The molecule has 24 heavy (non-hydrogen) atoms. The lowest BCUT2D eigenvalue weighted by atomic mass is 10.3. The Morgan fingerprint density at radius 2 is 1.88 bits per heavy atom. The molecular formula is C15H15N5O2S2. The van der Waals surface area contributed by atoms with Crippen LogP contribution in [0.3, 0.4) is 0 Å². The van der Waals surface area contributed by atoms with Crippen molar-refractivity contribution in [1.82, 2.24) is 15.2 Å². The molecule has 9 heteroatoms. The molecule has 0 radical (unpaired) electrons. The average molecular weight is 361 g/mol. The van der Waals surface area contributed by atoms with Crippen molar-refractivity contribution in [3.63, 3.8) is 0 Å². The lowest BCUT2D eigenvalue weighted by Gasteiger charge is -2.07. The Hall–Kier alpha value is -2.52. The molecule has 3 aromatic heterocycles. The van der Waals surface area contributed by atoms with Gasteiger partial charge in [0.25, 0.3) is 10.0 Å². The van der Waals surface area contributed by atoms with Crippen LogP contribution in [0.2, 0.25) is 0 Å². The van der Waals surface area contributed by atoms with Gasteiger partial charge in [-0.3, -0.25) is 9.71 Å². The van der Waals surface area contributed by atoms with Gasteiger partial charge in [-0.2, -0.15) is 0 Å². The number of pyridine rings is 1. The quantitative estimate of drug-likeness (QED) is 0.701. The third-order valence-corrected chi connectivity index (χ3v) is 5.93. The van der Waals surface area contributed by atoms with Gasteiger partial charge in [0.05, 0.1) is 0 Å². The van der Waals surface area contributed by atoms with Crippen LogP contribution < -0.4 is 10.0 Å². The molecule has 0 bridgehead atoms. The number of anilines is 2. The van der Waals surface area contributed by atoms with Crippen molar-refractivity contribution >= 4 is 33.0 Å². The summed E-state index contributed by atoms with van der Waals surface area (Å²) in [6.07, 6.45) is 3.46. The predicted molar refractivity (Wildman–Crippen MR) is 93.5 cm³/mol. The van der Waals surface area contributed by atoms with Crippen LogP contribution in [0, 0.1) is 6.92 Å². The lowest BCUT2D eigenvalue weighted by molar-refractivity contribution is 0.603. The van der Waals surface area contributed by atoms with Crippen LogP contribution in [-0.2, 0) is 16.6 Å². The van der Waals surface area contributed by atoms with E-state index in [9.17, 15) is 8.42 Å². The molecule has 0 spiro atoms. The second-order valence-electron chi connectivity index (χ2n) is 4.99. The van der Waals surface area contributed by atoms with Crippen molar-refractivity contribution in [2.75, 3.05) is 10.0 Å². The van der Waals surface area contributed by atoms with E-state index in [-0.39, 0.29) is 10.0 Å². The van der Waals surface area contributed by atoms with Gasteiger partial charge >= 0.3 is 0 Å². The van der Waals surface area contributed by atoms with Gasteiger partial charge in [0, 0.05) is 23.8 Å². The summed E-state index contributed by atoms with van der Waals surface area (Å²) in [6, 6.07) is 10.4. The number of sulfonamides is 1. The number of hydrogen-bond acceptors (Lipinski definition) is 7. The number of nitrogens with zero attached hydrogens (tertiary/aromatic N) is 3. The Morgan fingerprint density at radius 1 is 1.08 bits per heavy atom. The van der Waals surface area contributed by atoms with Crippen LogP contribution in [0.1, 0.15) is 10.4 Å². The van der Waals surface area contributed by atoms with Gasteiger partial charge in [0.2, 0.25) is 0 Å². The second-order valence-corrected chi connectivity index (χ2v) is 8.19. The molecule has 3 heterocycles. The van der Waals surface area contributed by atoms with Crippen LogP contribution in [0.25, 0.3) is 0 Å². The van der Waals surface area contributed by atoms with Crippen molar-refractivity contribution in [3.8, 4) is 0 Å². The van der Waals surface area contributed by atoms with Gasteiger partial charge < -0.3 is 5.32 Å². The molecule has 0 aliphatic rings. The SMILES string of the molecule is Cc1ccc(S(=O)(=O)Nc2ccc(NCc3cccnc3)nn2)s1. The van der Waals surface area contributed by atoms with Crippen molar-refractivity contribution in [2.45, 2.75) is 17.7 Å². The van der Waals surface area contributed by atoms with Gasteiger partial charge in [-0.1, -0.05) is 6.07 Å². The Morgan fingerprint density at radius 3 is 2.50 bits per heavy atom. The van der Waals surface area contributed by atoms with Gasteiger partial charge in [-0.15, -0.1) is 21.5 Å². The van der Waals surface area contributed by atoms with Gasteiger partial charge in [-0.25, -0.2) is 8.42 Å². The molecule has 0 aliphatic carbocycles. The third-order valence-electron chi connectivity index (χ3n) is 3.08. The zero-order chi connectivity index (χ0) is 17.0. The van der Waals surface area contributed by atoms with Crippen LogP contribution >= 0.6 is 11.3 Å². The summed E-state index contributed by atoms with van der Waals surface area (Å²) >= 11 is 1.21. The van der Waals surface area contributed by atoms with Gasteiger partial charge in [0.1, 0.15) is 10.0 Å². The minimum Gasteiger partial charge on any atom is -0.364 e. The molecular weight excluding hydrogens is 346 g/mol. The van der Waals surface area contributed by atoms with E-state index in [2.05, 4.69) is 25.2 Å². The molecule has 0 fully saturated rings. The minimum absolute atomic E-state index is 0.174. The summed E-state index contributed by atoms with van der Waals surface area (Å²) in [5.74, 6) is 0.724. The number of rotatable bonds is 6. The van der Waals surface area contributed by atoms with Crippen LogP contribution in [0.5, 0.6) is 0 Å². The molecule has 3 rings (SSSR count). The summed E-state index contributed by atoms with van der Waals surface area (Å²) in [5.41, 5.74) is 1.01. The molecule has 0 saturated carbocycles. The standard InChI is InChI=1S/C15H15N5O2S2/c1-11-4-7-15(23-11)24(21,22)20-14-6-5-13(18-19-14)17-10-12-3-2-8-16-9-12/h2-9H,10H2,1H3,(H,17,18)(H,19,20). The average Bonchev–Trinajstić information content (AvgIpc) is 3.02. The van der Waals surface area contributed by atoms with Crippen LogP contribution in [0.4, 0.5) is 11.6 Å². The maximum Gasteiger partial charge on any atom is 0.272 e. The van der Waals surface area contributed by atoms with E-state index in [1.807, 2.05) is 19.1 Å². The highest BCUT2D eigenvalue weighted by atomic mass is 32.2. The molecule has 0 atom stereocenters. The highest BCUT2D eigenvalue weighted by molar-refractivity contribution is 7.94. The van der Waals surface area contributed by atoms with E-state index < -0.39 is 10.0 Å². The molecule has 0 aliphatic heterocycles. The van der Waals surface area contributed by atoms with Crippen molar-refractivity contribution in [1.29, 1.82) is 0 Å². The van der Waals surface area contributed by atoms with Gasteiger partial charge in [-0.05, 0) is 42.8 Å². The number of nitrogens with one attached hydrogen (secondary N) is 2. The van der Waals surface area contributed by atoms with E-state index >= 15 is 0 Å². The Kier molecular flexibility index (Phi) is 4.72. The first-order chi connectivity index (χ1) is 11.5. The first kappa shape index (κ1) is 16.3. The summed E-state index contributed by atoms with van der Waals surface area (Å²) in [5, 5.41) is 11.0. The normalized spacial score (nSPS) is 11.2. The minimum atomic E-state index is -3.62. The molecule has 2 N–H and O–H groups in total. The van der Waals surface area contributed by atoms with Crippen LogP contribution in [-0.4, -0.2) is 23.6 Å². The molecule has 7 nitrogen and oxygen atoms in total. The van der Waals surface area contributed by atoms with E-state index in [1.54, 1.807) is 36.7 Å². The summed E-state index contributed by atoms with van der Waals surface area (Å²) in [4.78, 5) is 4.96. The monoisotopic (exact) mass is 361 g/mol. The predicted octanol–water partition coefficient (Wildman–Crippen LogP) is 2.65. The Balaban J connectivity index is 1.64. The lowest BCUT2D eigenvalue weighted by Crippen LogP contribution is -2.13. The van der Waals surface area contributed by atoms with E-state index in [0.29, 0.717) is 12.4 Å². The number of aryl methyl sites for hydroxylation is 1. The maximum absolute atomic E-state index is 12.2. The summed E-state index contributed by atoms with van der Waals surface area (Å²) in [7, 11) is -3.62. The van der Waals surface area contributed by atoms with E-state index in [4.69, 9.17) is 0 Å². The molecule has 3 aromatic rings. The topological polar surface area (TPSA) is 96.9 Å². The van der Waals surface area contributed by atoms with Crippen molar-refractivity contribution < 1.29 is 8.42 Å². The largest absolute Gasteiger partial charge is 0.364 e. The fourth-order valence-electron chi connectivity index (χ4n) is 1.92. The summed E-state index contributed by atoms with van der Waals surface area (Å²) < 4.78 is 27.1. The molecule has 124 valence electrons.